The summed E-state index contributed by atoms with van der Waals surface area (Å²) in [7, 11) is 0. The number of hydrogen-bond acceptors (Lipinski definition) is 3. The number of rotatable bonds is 3. The Labute approximate surface area is 123 Å². The van der Waals surface area contributed by atoms with Crippen LogP contribution in [0.2, 0.25) is 0 Å². The average Bonchev–Trinajstić information content (AvgIpc) is 2.40. The molecule has 0 unspecified atom stereocenters. The molecular formula is C15H20N2O2S. The van der Waals surface area contributed by atoms with E-state index < -0.39 is 5.54 Å². The van der Waals surface area contributed by atoms with E-state index in [1.165, 1.54) is 17.3 Å². The molecule has 0 spiro atoms. The molecule has 0 aromatic heterocycles. The van der Waals surface area contributed by atoms with Crippen LogP contribution in [-0.4, -0.2) is 41.1 Å². The Bertz CT molecular complexity index is 528. The summed E-state index contributed by atoms with van der Waals surface area (Å²) in [4.78, 5) is 27.0. The summed E-state index contributed by atoms with van der Waals surface area (Å²) in [6.45, 7) is 6.72. The Balaban J connectivity index is 2.02. The van der Waals surface area contributed by atoms with Gasteiger partial charge in [0.1, 0.15) is 5.54 Å². The van der Waals surface area contributed by atoms with Crippen LogP contribution in [0.15, 0.2) is 29.2 Å². The predicted octanol–water partition coefficient (Wildman–Crippen LogP) is 1.82. The third-order valence-electron chi connectivity index (χ3n) is 3.60. The van der Waals surface area contributed by atoms with Crippen LogP contribution in [0.5, 0.6) is 0 Å². The normalized spacial score (nSPS) is 17.8. The van der Waals surface area contributed by atoms with Crippen molar-refractivity contribution in [1.29, 1.82) is 0 Å². The molecule has 1 saturated heterocycles. The van der Waals surface area contributed by atoms with Gasteiger partial charge in [-0.05, 0) is 32.4 Å². The standard InChI is InChI=1S/C15H20N2O2S/c1-11-6-4-5-7-12(11)20-10-13(18)17-9-8-16-14(19)15(17,2)3/h4-7H,8-10H2,1-3H3,(H,16,19). The minimum absolute atomic E-state index is 0.0121. The maximum atomic E-state index is 12.4. The number of benzene rings is 1. The van der Waals surface area contributed by atoms with Crippen LogP contribution in [-0.2, 0) is 9.59 Å². The van der Waals surface area contributed by atoms with Gasteiger partial charge in [-0.3, -0.25) is 9.59 Å². The number of amides is 2. The molecule has 0 aliphatic carbocycles. The van der Waals surface area contributed by atoms with E-state index in [9.17, 15) is 9.59 Å². The summed E-state index contributed by atoms with van der Waals surface area (Å²) in [6.07, 6.45) is 0. The quantitative estimate of drug-likeness (QED) is 0.865. The molecule has 4 nitrogen and oxygen atoms in total. The Morgan fingerprint density at radius 1 is 1.40 bits per heavy atom. The molecule has 0 bridgehead atoms. The van der Waals surface area contributed by atoms with Gasteiger partial charge >= 0.3 is 0 Å². The molecule has 2 rings (SSSR count). The van der Waals surface area contributed by atoms with E-state index in [1.807, 2.05) is 31.2 Å². The van der Waals surface area contributed by atoms with Gasteiger partial charge in [-0.2, -0.15) is 0 Å². The van der Waals surface area contributed by atoms with Crippen LogP contribution in [0, 0.1) is 6.92 Å². The van der Waals surface area contributed by atoms with E-state index in [4.69, 9.17) is 0 Å². The number of carbonyl (C=O) groups excluding carboxylic acids is 2. The van der Waals surface area contributed by atoms with Crippen LogP contribution in [0.3, 0.4) is 0 Å². The number of hydrogen-bond donors (Lipinski definition) is 1. The SMILES string of the molecule is Cc1ccccc1SCC(=O)N1CCNC(=O)C1(C)C. The zero-order chi connectivity index (χ0) is 14.8. The largest absolute Gasteiger partial charge is 0.352 e. The molecular weight excluding hydrogens is 272 g/mol. The molecule has 2 amide bonds. The fourth-order valence-corrected chi connectivity index (χ4v) is 3.18. The second-order valence-corrected chi connectivity index (χ2v) is 6.43. The number of thioether (sulfide) groups is 1. The summed E-state index contributed by atoms with van der Waals surface area (Å²) in [5.74, 6) is 0.290. The van der Waals surface area contributed by atoms with Gasteiger partial charge in [-0.25, -0.2) is 0 Å². The first-order valence-electron chi connectivity index (χ1n) is 6.70. The fraction of sp³-hybridized carbons (Fsp3) is 0.467. The van der Waals surface area contributed by atoms with Gasteiger partial charge < -0.3 is 10.2 Å². The zero-order valence-corrected chi connectivity index (χ0v) is 12.9. The minimum Gasteiger partial charge on any atom is -0.352 e. The topological polar surface area (TPSA) is 49.4 Å². The Morgan fingerprint density at radius 3 is 2.80 bits per heavy atom. The first-order chi connectivity index (χ1) is 9.43. The number of carbonyl (C=O) groups is 2. The van der Waals surface area contributed by atoms with Crippen molar-refractivity contribution in [3.05, 3.63) is 29.8 Å². The first-order valence-corrected chi connectivity index (χ1v) is 7.68. The van der Waals surface area contributed by atoms with Crippen LogP contribution < -0.4 is 5.32 Å². The predicted molar refractivity (Wildman–Crippen MR) is 80.7 cm³/mol. The Hall–Kier alpha value is -1.49. The number of piperazine rings is 1. The van der Waals surface area contributed by atoms with Crippen molar-refractivity contribution in [2.45, 2.75) is 31.2 Å². The highest BCUT2D eigenvalue weighted by Gasteiger charge is 2.40. The molecule has 0 radical (unpaired) electrons. The molecule has 1 aliphatic heterocycles. The number of nitrogens with one attached hydrogen (secondary N) is 1. The van der Waals surface area contributed by atoms with E-state index in [2.05, 4.69) is 5.32 Å². The van der Waals surface area contributed by atoms with Crippen molar-refractivity contribution in [2.75, 3.05) is 18.8 Å². The lowest BCUT2D eigenvalue weighted by Crippen LogP contribution is -2.63. The average molecular weight is 292 g/mol. The van der Waals surface area contributed by atoms with Gasteiger partial charge in [0.05, 0.1) is 5.75 Å². The van der Waals surface area contributed by atoms with Gasteiger partial charge in [-0.15, -0.1) is 11.8 Å². The molecule has 1 aromatic carbocycles. The van der Waals surface area contributed by atoms with Crippen LogP contribution in [0.4, 0.5) is 0 Å². The van der Waals surface area contributed by atoms with E-state index in [1.54, 1.807) is 18.7 Å². The van der Waals surface area contributed by atoms with Crippen molar-refractivity contribution in [2.24, 2.45) is 0 Å². The van der Waals surface area contributed by atoms with Crippen molar-refractivity contribution in [3.8, 4) is 0 Å². The van der Waals surface area contributed by atoms with Crippen LogP contribution >= 0.6 is 11.8 Å². The van der Waals surface area contributed by atoms with E-state index in [0.29, 0.717) is 18.8 Å². The molecule has 108 valence electrons. The maximum absolute atomic E-state index is 12.4. The van der Waals surface area contributed by atoms with E-state index >= 15 is 0 Å². The summed E-state index contributed by atoms with van der Waals surface area (Å²) < 4.78 is 0. The lowest BCUT2D eigenvalue weighted by molar-refractivity contribution is -0.147. The number of aryl methyl sites for hydroxylation is 1. The Kier molecular flexibility index (Phi) is 4.38. The molecule has 0 saturated carbocycles. The monoisotopic (exact) mass is 292 g/mol. The fourth-order valence-electron chi connectivity index (χ4n) is 2.27. The van der Waals surface area contributed by atoms with Crippen LogP contribution in [0.1, 0.15) is 19.4 Å². The molecule has 1 fully saturated rings. The van der Waals surface area contributed by atoms with Gasteiger partial charge in [0.25, 0.3) is 0 Å². The molecule has 1 aromatic rings. The van der Waals surface area contributed by atoms with Crippen molar-refractivity contribution in [3.63, 3.8) is 0 Å². The molecule has 0 atom stereocenters. The molecule has 1 aliphatic rings. The number of nitrogens with zero attached hydrogens (tertiary/aromatic N) is 1. The van der Waals surface area contributed by atoms with Gasteiger partial charge in [0.2, 0.25) is 11.8 Å². The van der Waals surface area contributed by atoms with Crippen molar-refractivity contribution >= 4 is 23.6 Å². The lowest BCUT2D eigenvalue weighted by Gasteiger charge is -2.41. The molecule has 1 N–H and O–H groups in total. The molecule has 1 heterocycles. The smallest absolute Gasteiger partial charge is 0.245 e. The van der Waals surface area contributed by atoms with Crippen molar-refractivity contribution < 1.29 is 9.59 Å². The van der Waals surface area contributed by atoms with Gasteiger partial charge in [0.15, 0.2) is 0 Å². The lowest BCUT2D eigenvalue weighted by atomic mass is 9.99. The van der Waals surface area contributed by atoms with Crippen molar-refractivity contribution in [1.82, 2.24) is 10.2 Å². The highest BCUT2D eigenvalue weighted by Crippen LogP contribution is 2.24. The summed E-state index contributed by atoms with van der Waals surface area (Å²) in [5, 5.41) is 2.80. The van der Waals surface area contributed by atoms with E-state index in [-0.39, 0.29) is 11.8 Å². The Morgan fingerprint density at radius 2 is 2.10 bits per heavy atom. The third kappa shape index (κ3) is 2.98. The van der Waals surface area contributed by atoms with Crippen LogP contribution in [0.25, 0.3) is 0 Å². The van der Waals surface area contributed by atoms with Gasteiger partial charge in [-0.1, -0.05) is 18.2 Å². The third-order valence-corrected chi connectivity index (χ3v) is 4.76. The molecule has 5 heteroatoms. The summed E-state index contributed by atoms with van der Waals surface area (Å²) in [6, 6.07) is 8.00. The minimum atomic E-state index is -0.762. The summed E-state index contributed by atoms with van der Waals surface area (Å²) >= 11 is 1.53. The highest BCUT2D eigenvalue weighted by atomic mass is 32.2. The van der Waals surface area contributed by atoms with E-state index in [0.717, 1.165) is 4.90 Å². The second kappa shape index (κ2) is 5.87. The maximum Gasteiger partial charge on any atom is 0.245 e. The highest BCUT2D eigenvalue weighted by molar-refractivity contribution is 8.00. The molecule has 20 heavy (non-hydrogen) atoms. The zero-order valence-electron chi connectivity index (χ0n) is 12.1. The summed E-state index contributed by atoms with van der Waals surface area (Å²) in [5.41, 5.74) is 0.405. The first kappa shape index (κ1) is 14.9. The van der Waals surface area contributed by atoms with Gasteiger partial charge in [0, 0.05) is 18.0 Å². The second-order valence-electron chi connectivity index (χ2n) is 5.41.